The Morgan fingerprint density at radius 1 is 1.42 bits per heavy atom. The van der Waals surface area contributed by atoms with Gasteiger partial charge in [0.2, 0.25) is 0 Å². The van der Waals surface area contributed by atoms with Gasteiger partial charge in [-0.2, -0.15) is 0 Å². The minimum absolute atomic E-state index is 0.741. The average molecular weight is 264 g/mol. The van der Waals surface area contributed by atoms with Gasteiger partial charge in [-0.1, -0.05) is 26.7 Å². The lowest BCUT2D eigenvalue weighted by Crippen LogP contribution is -2.35. The van der Waals surface area contributed by atoms with Crippen LogP contribution in [0.25, 0.3) is 0 Å². The van der Waals surface area contributed by atoms with Gasteiger partial charge in [-0.25, -0.2) is 0 Å². The first-order valence-electron chi connectivity index (χ1n) is 7.67. The second-order valence-corrected chi connectivity index (χ2v) is 5.99. The number of furan rings is 1. The summed E-state index contributed by atoms with van der Waals surface area (Å²) >= 11 is 0. The van der Waals surface area contributed by atoms with Crippen molar-refractivity contribution in [3.8, 4) is 0 Å². The lowest BCUT2D eigenvalue weighted by atomic mass is 9.86. The third kappa shape index (κ3) is 4.08. The molecule has 0 saturated heterocycles. The molecular weight excluding hydrogens is 236 g/mol. The Kier molecular flexibility index (Phi) is 5.46. The Bertz CT molecular complexity index is 375. The van der Waals surface area contributed by atoms with E-state index in [1.807, 2.05) is 6.26 Å². The summed E-state index contributed by atoms with van der Waals surface area (Å²) in [4.78, 5) is 2.51. The molecule has 3 heteroatoms. The molecule has 19 heavy (non-hydrogen) atoms. The van der Waals surface area contributed by atoms with Crippen LogP contribution in [-0.4, -0.2) is 24.5 Å². The van der Waals surface area contributed by atoms with Crippen molar-refractivity contribution >= 4 is 0 Å². The maximum atomic E-state index is 5.59. The Balaban J connectivity index is 1.90. The van der Waals surface area contributed by atoms with Crippen LogP contribution in [0.4, 0.5) is 0 Å². The minimum Gasteiger partial charge on any atom is -0.468 e. The first kappa shape index (κ1) is 14.6. The number of hydrogen-bond donors (Lipinski definition) is 1. The normalized spacial score (nSPS) is 24.0. The summed E-state index contributed by atoms with van der Waals surface area (Å²) in [6.45, 7) is 7.34. The molecule has 108 valence electrons. The highest BCUT2D eigenvalue weighted by Crippen LogP contribution is 2.27. The number of nitrogens with one attached hydrogen (secondary N) is 1. The molecule has 0 radical (unpaired) electrons. The molecule has 1 aromatic rings. The van der Waals surface area contributed by atoms with E-state index < -0.39 is 0 Å². The smallest absolute Gasteiger partial charge is 0.122 e. The van der Waals surface area contributed by atoms with Crippen molar-refractivity contribution in [2.45, 2.75) is 58.7 Å². The van der Waals surface area contributed by atoms with Crippen LogP contribution in [0.2, 0.25) is 0 Å². The van der Waals surface area contributed by atoms with Gasteiger partial charge in [-0.15, -0.1) is 0 Å². The van der Waals surface area contributed by atoms with Crippen molar-refractivity contribution in [3.63, 3.8) is 0 Å². The molecule has 1 N–H and O–H groups in total. The topological polar surface area (TPSA) is 28.4 Å². The summed E-state index contributed by atoms with van der Waals surface area (Å²) in [7, 11) is 2.26. The van der Waals surface area contributed by atoms with E-state index in [2.05, 4.69) is 37.2 Å². The van der Waals surface area contributed by atoms with E-state index in [0.29, 0.717) is 0 Å². The molecule has 2 unspecified atom stereocenters. The molecule has 1 aliphatic carbocycles. The largest absolute Gasteiger partial charge is 0.468 e. The van der Waals surface area contributed by atoms with Gasteiger partial charge < -0.3 is 9.73 Å². The van der Waals surface area contributed by atoms with Crippen molar-refractivity contribution < 1.29 is 4.42 Å². The van der Waals surface area contributed by atoms with E-state index in [1.54, 1.807) is 0 Å². The van der Waals surface area contributed by atoms with Crippen LogP contribution in [-0.2, 0) is 13.1 Å². The molecule has 1 fully saturated rings. The summed E-state index contributed by atoms with van der Waals surface area (Å²) in [5, 5.41) is 3.34. The first-order chi connectivity index (χ1) is 9.20. The van der Waals surface area contributed by atoms with Gasteiger partial charge in [0, 0.05) is 18.2 Å². The number of rotatable bonds is 6. The van der Waals surface area contributed by atoms with Crippen molar-refractivity contribution in [1.29, 1.82) is 0 Å². The van der Waals surface area contributed by atoms with E-state index in [0.717, 1.165) is 37.4 Å². The summed E-state index contributed by atoms with van der Waals surface area (Å²) in [5.74, 6) is 1.98. The van der Waals surface area contributed by atoms with E-state index >= 15 is 0 Å². The predicted molar refractivity (Wildman–Crippen MR) is 79.0 cm³/mol. The van der Waals surface area contributed by atoms with Gasteiger partial charge in [0.15, 0.2) is 0 Å². The van der Waals surface area contributed by atoms with E-state index in [-0.39, 0.29) is 0 Å². The molecule has 0 bridgehead atoms. The highest BCUT2D eigenvalue weighted by molar-refractivity contribution is 5.17. The molecular formula is C16H28N2O. The lowest BCUT2D eigenvalue weighted by molar-refractivity contribution is 0.157. The highest BCUT2D eigenvalue weighted by atomic mass is 16.3. The molecule has 1 heterocycles. The fourth-order valence-corrected chi connectivity index (χ4v) is 3.10. The van der Waals surface area contributed by atoms with Crippen LogP contribution in [0.3, 0.4) is 0 Å². The van der Waals surface area contributed by atoms with Crippen molar-refractivity contribution in [3.05, 3.63) is 23.7 Å². The Morgan fingerprint density at radius 3 is 3.00 bits per heavy atom. The Morgan fingerprint density at radius 2 is 2.26 bits per heavy atom. The van der Waals surface area contributed by atoms with Gasteiger partial charge in [0.25, 0.3) is 0 Å². The Hall–Kier alpha value is -0.800. The molecule has 1 aromatic heterocycles. The molecule has 0 aromatic carbocycles. The zero-order chi connectivity index (χ0) is 13.7. The zero-order valence-corrected chi connectivity index (χ0v) is 12.6. The second-order valence-electron chi connectivity index (χ2n) is 5.99. The number of hydrogen-bond acceptors (Lipinski definition) is 3. The van der Waals surface area contributed by atoms with E-state index in [9.17, 15) is 0 Å². The summed E-state index contributed by atoms with van der Waals surface area (Å²) in [6.07, 6.45) is 7.30. The van der Waals surface area contributed by atoms with Crippen LogP contribution < -0.4 is 5.32 Å². The van der Waals surface area contributed by atoms with Crippen molar-refractivity contribution in [1.82, 2.24) is 10.2 Å². The maximum Gasteiger partial charge on any atom is 0.122 e. The van der Waals surface area contributed by atoms with E-state index in [4.69, 9.17) is 4.42 Å². The summed E-state index contributed by atoms with van der Waals surface area (Å²) in [5.41, 5.74) is 1.33. The van der Waals surface area contributed by atoms with Crippen LogP contribution in [0.1, 0.15) is 50.9 Å². The molecule has 2 atom stereocenters. The Labute approximate surface area is 117 Å². The summed E-state index contributed by atoms with van der Waals surface area (Å²) < 4.78 is 5.59. The van der Waals surface area contributed by atoms with Crippen LogP contribution in [0.15, 0.2) is 16.7 Å². The monoisotopic (exact) mass is 264 g/mol. The van der Waals surface area contributed by atoms with Gasteiger partial charge in [-0.05, 0) is 38.4 Å². The third-order valence-corrected chi connectivity index (χ3v) is 4.33. The van der Waals surface area contributed by atoms with Crippen molar-refractivity contribution in [2.75, 3.05) is 13.6 Å². The minimum atomic E-state index is 0.741. The van der Waals surface area contributed by atoms with Crippen LogP contribution in [0.5, 0.6) is 0 Å². The molecule has 0 aliphatic heterocycles. The second kappa shape index (κ2) is 7.11. The number of nitrogens with zero attached hydrogens (tertiary/aromatic N) is 1. The van der Waals surface area contributed by atoms with Crippen molar-refractivity contribution in [2.24, 2.45) is 5.92 Å². The fourth-order valence-electron chi connectivity index (χ4n) is 3.10. The quantitative estimate of drug-likeness (QED) is 0.853. The summed E-state index contributed by atoms with van der Waals surface area (Å²) in [6, 6.07) is 2.86. The zero-order valence-electron chi connectivity index (χ0n) is 12.6. The van der Waals surface area contributed by atoms with Gasteiger partial charge in [0.1, 0.15) is 5.76 Å². The molecule has 0 spiro atoms. The average Bonchev–Trinajstić information content (AvgIpc) is 2.83. The standard InChI is InChI=1S/C16H28N2O/c1-4-17-11-16-14(8-9-19-16)12-18(3)15-7-5-6-13(2)10-15/h8-9,13,15,17H,4-7,10-12H2,1-3H3. The fraction of sp³-hybridized carbons (Fsp3) is 0.750. The molecule has 0 amide bonds. The highest BCUT2D eigenvalue weighted by Gasteiger charge is 2.23. The van der Waals surface area contributed by atoms with Gasteiger partial charge in [-0.3, -0.25) is 4.90 Å². The molecule has 3 nitrogen and oxygen atoms in total. The third-order valence-electron chi connectivity index (χ3n) is 4.33. The maximum absolute atomic E-state index is 5.59. The first-order valence-corrected chi connectivity index (χ1v) is 7.67. The SMILES string of the molecule is CCNCc1occc1CN(C)C1CCCC(C)C1. The van der Waals surface area contributed by atoms with E-state index in [1.165, 1.54) is 31.2 Å². The molecule has 1 saturated carbocycles. The molecule has 1 aliphatic rings. The van der Waals surface area contributed by atoms with Gasteiger partial charge >= 0.3 is 0 Å². The molecule has 2 rings (SSSR count). The lowest BCUT2D eigenvalue weighted by Gasteiger charge is -2.34. The predicted octanol–water partition coefficient (Wildman–Crippen LogP) is 3.40. The van der Waals surface area contributed by atoms with Crippen LogP contribution >= 0.6 is 0 Å². The van der Waals surface area contributed by atoms with Crippen LogP contribution in [0, 0.1) is 5.92 Å². The van der Waals surface area contributed by atoms with Gasteiger partial charge in [0.05, 0.1) is 12.8 Å².